The van der Waals surface area contributed by atoms with Gasteiger partial charge in [-0.05, 0) is 30.7 Å². The number of aryl methyl sites for hydroxylation is 1. The highest BCUT2D eigenvalue weighted by Gasteiger charge is 2.17. The molecular weight excluding hydrogens is 279 g/mol. The van der Waals surface area contributed by atoms with Gasteiger partial charge in [-0.2, -0.15) is 5.26 Å². The first-order valence-corrected chi connectivity index (χ1v) is 6.99. The van der Waals surface area contributed by atoms with E-state index < -0.39 is 5.82 Å². The quantitative estimate of drug-likeness (QED) is 0.723. The number of pyridine rings is 1. The van der Waals surface area contributed by atoms with E-state index in [4.69, 9.17) is 0 Å². The summed E-state index contributed by atoms with van der Waals surface area (Å²) in [4.78, 5) is 12.6. The minimum absolute atomic E-state index is 0.0900. The molecule has 0 N–H and O–H groups in total. The van der Waals surface area contributed by atoms with Crippen LogP contribution in [-0.4, -0.2) is 4.57 Å². The zero-order chi connectivity index (χ0) is 15.7. The molecule has 4 heteroatoms. The van der Waals surface area contributed by atoms with Crippen molar-refractivity contribution in [2.75, 3.05) is 0 Å². The molecule has 0 aliphatic heterocycles. The molecular formula is C18H13FN2O. The normalized spacial score (nSPS) is 10.6. The number of aromatic nitrogens is 1. The van der Waals surface area contributed by atoms with Crippen LogP contribution < -0.4 is 5.43 Å². The zero-order valence-corrected chi connectivity index (χ0v) is 12.0. The van der Waals surface area contributed by atoms with Gasteiger partial charge in [-0.25, -0.2) is 4.39 Å². The second kappa shape index (κ2) is 5.45. The molecule has 0 aliphatic carbocycles. The van der Waals surface area contributed by atoms with Crippen molar-refractivity contribution in [1.82, 2.24) is 4.57 Å². The summed E-state index contributed by atoms with van der Waals surface area (Å²) in [5, 5.41) is 9.82. The topological polar surface area (TPSA) is 45.8 Å². The van der Waals surface area contributed by atoms with Crippen LogP contribution in [0, 0.1) is 17.1 Å². The van der Waals surface area contributed by atoms with Crippen molar-refractivity contribution in [1.29, 1.82) is 5.26 Å². The molecule has 0 amide bonds. The van der Waals surface area contributed by atoms with E-state index in [1.165, 1.54) is 18.2 Å². The second-order valence-electron chi connectivity index (χ2n) is 4.94. The standard InChI is InChI=1S/C18H13FN2O/c1-2-21-16-10-13(19)8-9-14(16)18(22)15(11-20)17(21)12-6-4-3-5-7-12/h3-10H,2H2,1H3. The molecule has 108 valence electrons. The Kier molecular flexibility index (Phi) is 3.48. The first-order valence-electron chi connectivity index (χ1n) is 6.99. The first kappa shape index (κ1) is 14.0. The fraction of sp³-hybridized carbons (Fsp3) is 0.111. The summed E-state index contributed by atoms with van der Waals surface area (Å²) >= 11 is 0. The predicted molar refractivity (Wildman–Crippen MR) is 84.0 cm³/mol. The number of nitrogens with zero attached hydrogens (tertiary/aromatic N) is 2. The molecule has 0 radical (unpaired) electrons. The Hall–Kier alpha value is -2.93. The van der Waals surface area contributed by atoms with Crippen LogP contribution >= 0.6 is 0 Å². The number of hydrogen-bond acceptors (Lipinski definition) is 2. The van der Waals surface area contributed by atoms with Gasteiger partial charge in [0.05, 0.1) is 11.2 Å². The fourth-order valence-electron chi connectivity index (χ4n) is 2.75. The van der Waals surface area contributed by atoms with Crippen molar-refractivity contribution < 1.29 is 4.39 Å². The van der Waals surface area contributed by atoms with Gasteiger partial charge in [-0.3, -0.25) is 4.79 Å². The van der Waals surface area contributed by atoms with E-state index in [9.17, 15) is 14.4 Å². The zero-order valence-electron chi connectivity index (χ0n) is 12.0. The summed E-state index contributed by atoms with van der Waals surface area (Å²) in [6, 6.07) is 15.3. The van der Waals surface area contributed by atoms with Crippen LogP contribution in [-0.2, 0) is 6.54 Å². The molecule has 0 spiro atoms. The van der Waals surface area contributed by atoms with Gasteiger partial charge in [0.25, 0.3) is 0 Å². The maximum Gasteiger partial charge on any atom is 0.207 e. The average Bonchev–Trinajstić information content (AvgIpc) is 2.55. The largest absolute Gasteiger partial charge is 0.339 e. The van der Waals surface area contributed by atoms with Gasteiger partial charge in [0.2, 0.25) is 5.43 Å². The van der Waals surface area contributed by atoms with Gasteiger partial charge in [0.1, 0.15) is 17.4 Å². The van der Waals surface area contributed by atoms with E-state index >= 15 is 0 Å². The molecule has 1 aromatic heterocycles. The molecule has 0 fully saturated rings. The van der Waals surface area contributed by atoms with Crippen LogP contribution in [0.1, 0.15) is 12.5 Å². The van der Waals surface area contributed by atoms with Crippen molar-refractivity contribution in [3.63, 3.8) is 0 Å². The number of halogens is 1. The van der Waals surface area contributed by atoms with Gasteiger partial charge in [0, 0.05) is 11.9 Å². The van der Waals surface area contributed by atoms with Crippen LogP contribution in [0.15, 0.2) is 53.3 Å². The number of hydrogen-bond donors (Lipinski definition) is 0. The van der Waals surface area contributed by atoms with Crippen molar-refractivity contribution >= 4 is 10.9 Å². The van der Waals surface area contributed by atoms with Crippen LogP contribution in [0.2, 0.25) is 0 Å². The SMILES string of the molecule is CCn1c(-c2ccccc2)c(C#N)c(=O)c2ccc(F)cc21. The van der Waals surface area contributed by atoms with Crippen molar-refractivity contribution in [3.8, 4) is 17.3 Å². The van der Waals surface area contributed by atoms with Crippen molar-refractivity contribution in [2.45, 2.75) is 13.5 Å². The van der Waals surface area contributed by atoms with Crippen LogP contribution in [0.3, 0.4) is 0 Å². The number of nitriles is 1. The lowest BCUT2D eigenvalue weighted by atomic mass is 10.0. The number of fused-ring (bicyclic) bond motifs is 1. The summed E-state index contributed by atoms with van der Waals surface area (Å²) in [7, 11) is 0. The molecule has 22 heavy (non-hydrogen) atoms. The highest BCUT2D eigenvalue weighted by molar-refractivity contribution is 5.85. The Balaban J connectivity index is 2.55. The minimum Gasteiger partial charge on any atom is -0.339 e. The summed E-state index contributed by atoms with van der Waals surface area (Å²) in [6.07, 6.45) is 0. The molecule has 0 saturated heterocycles. The van der Waals surface area contributed by atoms with Crippen molar-refractivity contribution in [2.24, 2.45) is 0 Å². The first-order chi connectivity index (χ1) is 10.7. The summed E-state index contributed by atoms with van der Waals surface area (Å²) in [5.41, 5.74) is 1.54. The van der Waals surface area contributed by atoms with Gasteiger partial charge in [-0.15, -0.1) is 0 Å². The van der Waals surface area contributed by atoms with Crippen molar-refractivity contribution in [3.05, 3.63) is 70.1 Å². The number of rotatable bonds is 2. The highest BCUT2D eigenvalue weighted by Crippen LogP contribution is 2.26. The average molecular weight is 292 g/mol. The minimum atomic E-state index is -0.405. The molecule has 3 nitrogen and oxygen atoms in total. The molecule has 0 unspecified atom stereocenters. The molecule has 0 atom stereocenters. The lowest BCUT2D eigenvalue weighted by Gasteiger charge is -2.17. The molecule has 3 aromatic rings. The third kappa shape index (κ3) is 2.08. The molecule has 0 aliphatic rings. The molecule has 3 rings (SSSR count). The monoisotopic (exact) mass is 292 g/mol. The molecule has 0 saturated carbocycles. The predicted octanol–water partition coefficient (Wildman–Crippen LogP) is 3.70. The van der Waals surface area contributed by atoms with E-state index in [1.807, 2.05) is 47.9 Å². The second-order valence-corrected chi connectivity index (χ2v) is 4.94. The Morgan fingerprint density at radius 2 is 1.91 bits per heavy atom. The number of benzene rings is 2. The fourth-order valence-corrected chi connectivity index (χ4v) is 2.75. The maximum atomic E-state index is 13.6. The van der Waals surface area contributed by atoms with E-state index in [2.05, 4.69) is 0 Å². The lowest BCUT2D eigenvalue weighted by molar-refractivity contribution is 0.628. The Bertz CT molecular complexity index is 953. The smallest absolute Gasteiger partial charge is 0.207 e. The van der Waals surface area contributed by atoms with Gasteiger partial charge in [-0.1, -0.05) is 30.3 Å². The lowest BCUT2D eigenvalue weighted by Crippen LogP contribution is -2.16. The summed E-state index contributed by atoms with van der Waals surface area (Å²) in [6.45, 7) is 2.43. The van der Waals surface area contributed by atoms with Gasteiger partial charge >= 0.3 is 0 Å². The van der Waals surface area contributed by atoms with Gasteiger partial charge in [0.15, 0.2) is 0 Å². The molecule has 2 aromatic carbocycles. The Morgan fingerprint density at radius 1 is 1.18 bits per heavy atom. The third-order valence-corrected chi connectivity index (χ3v) is 3.70. The maximum absolute atomic E-state index is 13.6. The van der Waals surface area contributed by atoms with Crippen LogP contribution in [0.25, 0.3) is 22.2 Å². The van der Waals surface area contributed by atoms with E-state index in [0.29, 0.717) is 23.1 Å². The van der Waals surface area contributed by atoms with E-state index in [1.54, 1.807) is 0 Å². The van der Waals surface area contributed by atoms with E-state index in [-0.39, 0.29) is 11.0 Å². The summed E-state index contributed by atoms with van der Waals surface area (Å²) in [5.74, 6) is -0.405. The Morgan fingerprint density at radius 3 is 2.55 bits per heavy atom. The third-order valence-electron chi connectivity index (χ3n) is 3.70. The molecule has 1 heterocycles. The van der Waals surface area contributed by atoms with Crippen LogP contribution in [0.4, 0.5) is 4.39 Å². The van der Waals surface area contributed by atoms with Crippen LogP contribution in [0.5, 0.6) is 0 Å². The van der Waals surface area contributed by atoms with E-state index in [0.717, 1.165) is 5.56 Å². The summed E-state index contributed by atoms with van der Waals surface area (Å²) < 4.78 is 15.4. The van der Waals surface area contributed by atoms with Gasteiger partial charge < -0.3 is 4.57 Å². The highest BCUT2D eigenvalue weighted by atomic mass is 19.1. The molecule has 0 bridgehead atoms. The Labute approximate surface area is 126 Å².